The first-order valence-corrected chi connectivity index (χ1v) is 8.76. The largest absolute Gasteiger partial charge is 0.352 e. The monoisotopic (exact) mass is 355 g/mol. The Bertz CT molecular complexity index is 792. The van der Waals surface area contributed by atoms with Crippen molar-refractivity contribution in [1.29, 1.82) is 0 Å². The van der Waals surface area contributed by atoms with E-state index in [-0.39, 0.29) is 30.1 Å². The summed E-state index contributed by atoms with van der Waals surface area (Å²) in [5, 5.41) is 2.73. The molecule has 2 heterocycles. The molecule has 2 aromatic rings. The Balaban J connectivity index is 1.68. The molecule has 1 atom stereocenters. The number of amides is 2. The standard InChI is InChI=1S/C20H22FN3O2/c1-14(25)22-12-15-8-9-18(23-13-15)19-7-4-10-24(19)20(26)11-16-5-2-3-6-17(16)21/h2-3,5-6,8-9,13,19H,4,7,10-12H2,1H3,(H,22,25)/t19-/m0/s1. The lowest BCUT2D eigenvalue weighted by molar-refractivity contribution is -0.131. The number of carbonyl (C=O) groups excluding carboxylic acids is 2. The number of carbonyl (C=O) groups is 2. The summed E-state index contributed by atoms with van der Waals surface area (Å²) in [4.78, 5) is 29.9. The Morgan fingerprint density at radius 2 is 2.08 bits per heavy atom. The molecular weight excluding hydrogens is 333 g/mol. The summed E-state index contributed by atoms with van der Waals surface area (Å²) in [6, 6.07) is 10.1. The van der Waals surface area contributed by atoms with Crippen molar-refractivity contribution in [2.24, 2.45) is 0 Å². The summed E-state index contributed by atoms with van der Waals surface area (Å²) < 4.78 is 13.8. The van der Waals surface area contributed by atoms with Crippen LogP contribution in [-0.4, -0.2) is 28.2 Å². The predicted octanol–water partition coefficient (Wildman–Crippen LogP) is 2.76. The number of halogens is 1. The zero-order valence-electron chi connectivity index (χ0n) is 14.7. The minimum Gasteiger partial charge on any atom is -0.352 e. The molecule has 0 radical (unpaired) electrons. The smallest absolute Gasteiger partial charge is 0.227 e. The van der Waals surface area contributed by atoms with Gasteiger partial charge in [-0.25, -0.2) is 4.39 Å². The average Bonchev–Trinajstić information content (AvgIpc) is 3.12. The van der Waals surface area contributed by atoms with Crippen molar-refractivity contribution in [3.8, 4) is 0 Å². The van der Waals surface area contributed by atoms with E-state index >= 15 is 0 Å². The minimum absolute atomic E-state index is 0.0593. The maximum Gasteiger partial charge on any atom is 0.227 e. The van der Waals surface area contributed by atoms with Crippen molar-refractivity contribution in [3.05, 3.63) is 65.2 Å². The number of hydrogen-bond donors (Lipinski definition) is 1. The van der Waals surface area contributed by atoms with Crippen LogP contribution in [0.5, 0.6) is 0 Å². The Kier molecular flexibility index (Phi) is 5.61. The summed E-state index contributed by atoms with van der Waals surface area (Å²) in [6.45, 7) is 2.57. The van der Waals surface area contributed by atoms with Crippen LogP contribution in [0.2, 0.25) is 0 Å². The van der Waals surface area contributed by atoms with Gasteiger partial charge in [-0.05, 0) is 36.1 Å². The lowest BCUT2D eigenvalue weighted by atomic mass is 10.1. The zero-order valence-corrected chi connectivity index (χ0v) is 14.7. The zero-order chi connectivity index (χ0) is 18.5. The number of nitrogens with zero attached hydrogens (tertiary/aromatic N) is 2. The number of pyridine rings is 1. The minimum atomic E-state index is -0.350. The molecule has 0 unspecified atom stereocenters. The van der Waals surface area contributed by atoms with E-state index in [0.717, 1.165) is 24.1 Å². The summed E-state index contributed by atoms with van der Waals surface area (Å²) in [7, 11) is 0. The van der Waals surface area contributed by atoms with Crippen molar-refractivity contribution < 1.29 is 14.0 Å². The van der Waals surface area contributed by atoms with Gasteiger partial charge in [-0.1, -0.05) is 24.3 Å². The molecule has 6 heteroatoms. The van der Waals surface area contributed by atoms with Crippen LogP contribution >= 0.6 is 0 Å². The van der Waals surface area contributed by atoms with Crippen LogP contribution in [0.1, 0.15) is 42.6 Å². The number of likely N-dealkylation sites (tertiary alicyclic amines) is 1. The summed E-state index contributed by atoms with van der Waals surface area (Å²) >= 11 is 0. The van der Waals surface area contributed by atoms with Crippen LogP contribution in [-0.2, 0) is 22.6 Å². The van der Waals surface area contributed by atoms with Gasteiger partial charge in [-0.3, -0.25) is 14.6 Å². The molecule has 136 valence electrons. The van der Waals surface area contributed by atoms with E-state index in [1.165, 1.54) is 13.0 Å². The van der Waals surface area contributed by atoms with Crippen molar-refractivity contribution in [3.63, 3.8) is 0 Å². The van der Waals surface area contributed by atoms with Crippen LogP contribution in [0.15, 0.2) is 42.6 Å². The molecule has 1 N–H and O–H groups in total. The molecular formula is C20H22FN3O2. The molecule has 5 nitrogen and oxygen atoms in total. The molecule has 0 spiro atoms. The molecule has 2 amide bonds. The second-order valence-corrected chi connectivity index (χ2v) is 6.51. The van der Waals surface area contributed by atoms with Crippen molar-refractivity contribution >= 4 is 11.8 Å². The molecule has 26 heavy (non-hydrogen) atoms. The number of rotatable bonds is 5. The van der Waals surface area contributed by atoms with E-state index < -0.39 is 0 Å². The second kappa shape index (κ2) is 8.08. The van der Waals surface area contributed by atoms with E-state index in [2.05, 4.69) is 10.3 Å². The van der Waals surface area contributed by atoms with E-state index in [1.54, 1.807) is 29.3 Å². The molecule has 1 aliphatic heterocycles. The van der Waals surface area contributed by atoms with E-state index in [0.29, 0.717) is 18.7 Å². The van der Waals surface area contributed by atoms with E-state index in [4.69, 9.17) is 0 Å². The summed E-state index contributed by atoms with van der Waals surface area (Å²) in [5.74, 6) is -0.520. The highest BCUT2D eigenvalue weighted by atomic mass is 19.1. The Morgan fingerprint density at radius 3 is 2.77 bits per heavy atom. The van der Waals surface area contributed by atoms with Gasteiger partial charge >= 0.3 is 0 Å². The van der Waals surface area contributed by atoms with E-state index in [1.807, 2.05) is 12.1 Å². The lowest BCUT2D eigenvalue weighted by Gasteiger charge is -2.24. The highest BCUT2D eigenvalue weighted by molar-refractivity contribution is 5.79. The molecule has 1 aliphatic rings. The number of aromatic nitrogens is 1. The average molecular weight is 355 g/mol. The molecule has 0 saturated carbocycles. The summed E-state index contributed by atoms with van der Waals surface area (Å²) in [5.41, 5.74) is 2.16. The fraction of sp³-hybridized carbons (Fsp3) is 0.350. The van der Waals surface area contributed by atoms with Crippen LogP contribution in [0.4, 0.5) is 4.39 Å². The second-order valence-electron chi connectivity index (χ2n) is 6.51. The first kappa shape index (κ1) is 18.0. The van der Waals surface area contributed by atoms with Gasteiger partial charge in [0.2, 0.25) is 11.8 Å². The van der Waals surface area contributed by atoms with Gasteiger partial charge in [0.15, 0.2) is 0 Å². The predicted molar refractivity (Wildman–Crippen MR) is 95.5 cm³/mol. The molecule has 1 aromatic carbocycles. The van der Waals surface area contributed by atoms with Crippen LogP contribution < -0.4 is 5.32 Å². The molecule has 1 aromatic heterocycles. The van der Waals surface area contributed by atoms with Gasteiger partial charge in [0.05, 0.1) is 18.2 Å². The quantitative estimate of drug-likeness (QED) is 0.897. The molecule has 3 rings (SSSR count). The third-order valence-electron chi connectivity index (χ3n) is 4.60. The number of benzene rings is 1. The fourth-order valence-electron chi connectivity index (χ4n) is 3.24. The van der Waals surface area contributed by atoms with Crippen LogP contribution in [0.25, 0.3) is 0 Å². The first-order chi connectivity index (χ1) is 12.5. The third-order valence-corrected chi connectivity index (χ3v) is 4.60. The topological polar surface area (TPSA) is 62.3 Å². The Morgan fingerprint density at radius 1 is 1.27 bits per heavy atom. The number of hydrogen-bond acceptors (Lipinski definition) is 3. The third kappa shape index (κ3) is 4.25. The molecule has 1 fully saturated rings. The maximum absolute atomic E-state index is 13.8. The SMILES string of the molecule is CC(=O)NCc1ccc([C@@H]2CCCN2C(=O)Cc2ccccc2F)nc1. The molecule has 0 aliphatic carbocycles. The van der Waals surface area contributed by atoms with Crippen molar-refractivity contribution in [2.75, 3.05) is 6.54 Å². The van der Waals surface area contributed by atoms with Crippen LogP contribution in [0.3, 0.4) is 0 Å². The maximum atomic E-state index is 13.8. The molecule has 1 saturated heterocycles. The van der Waals surface area contributed by atoms with Crippen molar-refractivity contribution in [2.45, 2.75) is 38.8 Å². The Labute approximate surface area is 152 Å². The summed E-state index contributed by atoms with van der Waals surface area (Å²) in [6.07, 6.45) is 3.54. The van der Waals surface area contributed by atoms with Gasteiger partial charge in [0, 0.05) is 26.2 Å². The van der Waals surface area contributed by atoms with Crippen molar-refractivity contribution in [1.82, 2.24) is 15.2 Å². The van der Waals surface area contributed by atoms with Crippen LogP contribution in [0, 0.1) is 5.82 Å². The first-order valence-electron chi connectivity index (χ1n) is 8.76. The van der Waals surface area contributed by atoms with Gasteiger partial charge in [0.1, 0.15) is 5.82 Å². The van der Waals surface area contributed by atoms with Gasteiger partial charge in [-0.2, -0.15) is 0 Å². The van der Waals surface area contributed by atoms with Gasteiger partial charge in [-0.15, -0.1) is 0 Å². The van der Waals surface area contributed by atoms with Gasteiger partial charge in [0.25, 0.3) is 0 Å². The Hall–Kier alpha value is -2.76. The lowest BCUT2D eigenvalue weighted by Crippen LogP contribution is -2.32. The highest BCUT2D eigenvalue weighted by Crippen LogP contribution is 2.31. The van der Waals surface area contributed by atoms with E-state index in [9.17, 15) is 14.0 Å². The highest BCUT2D eigenvalue weighted by Gasteiger charge is 2.31. The normalized spacial score (nSPS) is 16.5. The van der Waals surface area contributed by atoms with Gasteiger partial charge < -0.3 is 10.2 Å². The molecule has 0 bridgehead atoms. The number of nitrogens with one attached hydrogen (secondary N) is 1. The fourth-order valence-corrected chi connectivity index (χ4v) is 3.24.